The number of anilines is 1. The van der Waals surface area contributed by atoms with Crippen LogP contribution in [0.3, 0.4) is 0 Å². The van der Waals surface area contributed by atoms with Gasteiger partial charge in [-0.2, -0.15) is 13.8 Å². The molecule has 5 atom stereocenters. The van der Waals surface area contributed by atoms with Crippen molar-refractivity contribution in [3.63, 3.8) is 0 Å². The fourth-order valence-corrected chi connectivity index (χ4v) is 6.39. The Bertz CT molecular complexity index is 2030. The Labute approximate surface area is 300 Å². The summed E-state index contributed by atoms with van der Waals surface area (Å²) >= 11 is 0. The van der Waals surface area contributed by atoms with Gasteiger partial charge in [0.15, 0.2) is 24.0 Å². The second kappa shape index (κ2) is 16.4. The van der Waals surface area contributed by atoms with Gasteiger partial charge in [-0.25, -0.2) is 19.2 Å². The number of furan rings is 1. The van der Waals surface area contributed by atoms with Gasteiger partial charge in [0.05, 0.1) is 20.8 Å². The number of methoxy groups -OCH3 is 2. The van der Waals surface area contributed by atoms with Gasteiger partial charge < -0.3 is 38.1 Å². The van der Waals surface area contributed by atoms with E-state index >= 15 is 8.78 Å². The van der Waals surface area contributed by atoms with Gasteiger partial charge in [0.25, 0.3) is 0 Å². The van der Waals surface area contributed by atoms with E-state index < -0.39 is 68.4 Å². The summed E-state index contributed by atoms with van der Waals surface area (Å²) in [5.74, 6) is -4.74. The minimum Gasteiger partial charge on any atom is -0.497 e. The molecule has 0 saturated carbocycles. The number of aliphatic hydroxyl groups is 1. The Hall–Kier alpha value is -4.91. The van der Waals surface area contributed by atoms with Crippen LogP contribution in [-0.4, -0.2) is 76.6 Å². The van der Waals surface area contributed by atoms with Crippen LogP contribution in [-0.2, 0) is 41.3 Å². The molecule has 0 aliphatic carbocycles. The van der Waals surface area contributed by atoms with Crippen LogP contribution in [0.25, 0.3) is 11.0 Å². The molecular weight excluding hydrogens is 729 g/mol. The summed E-state index contributed by atoms with van der Waals surface area (Å²) in [6.45, 7) is 1.66. The third-order valence-corrected chi connectivity index (χ3v) is 9.06. The van der Waals surface area contributed by atoms with Gasteiger partial charge in [-0.05, 0) is 29.7 Å². The fourth-order valence-electron chi connectivity index (χ4n) is 5.21. The average molecular weight is 767 g/mol. The molecule has 1 aliphatic rings. The third-order valence-electron chi connectivity index (χ3n) is 7.96. The second-order valence-electron chi connectivity index (χ2n) is 12.1. The quantitative estimate of drug-likeness (QED) is 0.0988. The molecule has 1 aliphatic heterocycles. The molecule has 5 rings (SSSR count). The van der Waals surface area contributed by atoms with Crippen LogP contribution >= 0.6 is 7.75 Å². The van der Waals surface area contributed by atoms with E-state index in [0.29, 0.717) is 32.6 Å². The molecule has 1 saturated heterocycles. The second-order valence-corrected chi connectivity index (χ2v) is 13.6. The molecule has 0 bridgehead atoms. The molecule has 4 N–H and O–H groups in total. The van der Waals surface area contributed by atoms with Gasteiger partial charge >= 0.3 is 31.4 Å². The molecule has 4 aromatic rings. The first kappa shape index (κ1) is 39.3. The Morgan fingerprint density at radius 2 is 1.81 bits per heavy atom. The maximum Gasteiger partial charge on any atom is 0.413 e. The van der Waals surface area contributed by atoms with E-state index in [0.717, 1.165) is 12.3 Å². The first-order valence-corrected chi connectivity index (χ1v) is 17.5. The molecule has 2 aromatic carbocycles. The monoisotopic (exact) mass is 766 g/mol. The standard InChI is InChI=1S/C33H37F2N4O13P/c1-18(2)26(29(41)48-15-19-8-6-5-7-9-19)38-53(44,45)50-17-24-28(40)33(34,35)30(52-24)39-11-10-25(36-31(39)42)37-32(43)49-16-22-13-20-12-21(46-3)14-23(47-4)27(20)51-22/h5-14,18,24,26,28,30,40H,15-17H2,1-4H3,(H2,38,44,45)(H,36,37,42,43)/t24-,26+,28-,30-/m1/s1. The number of halogens is 2. The molecule has 17 nitrogen and oxygen atoms in total. The summed E-state index contributed by atoms with van der Waals surface area (Å²) in [5, 5.41) is 15.3. The first-order chi connectivity index (χ1) is 25.1. The van der Waals surface area contributed by atoms with Gasteiger partial charge in [0.2, 0.25) is 6.23 Å². The number of nitrogens with one attached hydrogen (secondary N) is 2. The summed E-state index contributed by atoms with van der Waals surface area (Å²) in [4.78, 5) is 51.9. The Kier molecular flexibility index (Phi) is 12.2. The van der Waals surface area contributed by atoms with Crippen LogP contribution in [0.1, 0.15) is 31.4 Å². The van der Waals surface area contributed by atoms with Crippen molar-refractivity contribution in [2.45, 2.75) is 57.5 Å². The third kappa shape index (κ3) is 9.37. The lowest BCUT2D eigenvalue weighted by Crippen LogP contribution is -2.42. The van der Waals surface area contributed by atoms with Gasteiger partial charge in [-0.3, -0.25) is 19.2 Å². The number of fused-ring (bicyclic) bond motifs is 1. The number of alkyl halides is 2. The molecule has 0 radical (unpaired) electrons. The predicted octanol–water partition coefficient (Wildman–Crippen LogP) is 4.12. The van der Waals surface area contributed by atoms with Crippen molar-refractivity contribution in [1.82, 2.24) is 14.6 Å². The molecule has 1 unspecified atom stereocenters. The SMILES string of the molecule is COc1cc(OC)c2oc(COC(=O)Nc3ccn([C@@H]4O[C@H](COP(=O)(O)N[C@H](C(=O)OCc5ccccc5)C(C)C)[C@@H](O)C4(F)F)c(=O)n3)cc2c1. The number of hydrogen-bond donors (Lipinski definition) is 4. The lowest BCUT2D eigenvalue weighted by atomic mass is 10.1. The van der Waals surface area contributed by atoms with Crippen molar-refractivity contribution in [2.75, 3.05) is 26.1 Å². The van der Waals surface area contributed by atoms with Crippen molar-refractivity contribution in [1.29, 1.82) is 0 Å². The maximum absolute atomic E-state index is 15.2. The number of aromatic nitrogens is 2. The van der Waals surface area contributed by atoms with E-state index in [4.69, 9.17) is 32.6 Å². The molecule has 20 heteroatoms. The van der Waals surface area contributed by atoms with Gasteiger partial charge in [-0.1, -0.05) is 44.2 Å². The van der Waals surface area contributed by atoms with E-state index in [2.05, 4.69) is 15.4 Å². The molecule has 1 fully saturated rings. The van der Waals surface area contributed by atoms with Crippen LogP contribution in [0.4, 0.5) is 19.4 Å². The molecular formula is C33H37F2N4O13P. The fraction of sp³-hybridized carbons (Fsp3) is 0.394. The zero-order valence-electron chi connectivity index (χ0n) is 28.8. The summed E-state index contributed by atoms with van der Waals surface area (Å²) in [7, 11) is -1.94. The van der Waals surface area contributed by atoms with Crippen LogP contribution in [0, 0.1) is 5.92 Å². The Balaban J connectivity index is 1.17. The van der Waals surface area contributed by atoms with Gasteiger partial charge in [-0.15, -0.1) is 0 Å². The lowest BCUT2D eigenvalue weighted by Gasteiger charge is -2.24. The minimum atomic E-state index is -4.87. The highest BCUT2D eigenvalue weighted by Gasteiger charge is 2.60. The van der Waals surface area contributed by atoms with E-state index in [-0.39, 0.29) is 24.8 Å². The number of carbonyl (C=O) groups excluding carboxylic acids is 2. The van der Waals surface area contributed by atoms with E-state index in [1.54, 1.807) is 62.4 Å². The van der Waals surface area contributed by atoms with Crippen molar-refractivity contribution in [2.24, 2.45) is 5.92 Å². The van der Waals surface area contributed by atoms with Crippen molar-refractivity contribution < 1.29 is 65.6 Å². The molecule has 286 valence electrons. The van der Waals surface area contributed by atoms with Crippen LogP contribution in [0.5, 0.6) is 11.5 Å². The van der Waals surface area contributed by atoms with E-state index in [1.165, 1.54) is 14.2 Å². The number of benzene rings is 2. The summed E-state index contributed by atoms with van der Waals surface area (Å²) in [5.41, 5.74) is -0.236. The molecule has 53 heavy (non-hydrogen) atoms. The topological polar surface area (TPSA) is 219 Å². The highest BCUT2D eigenvalue weighted by molar-refractivity contribution is 7.50. The maximum atomic E-state index is 15.2. The van der Waals surface area contributed by atoms with Crippen molar-refractivity contribution >= 4 is 36.6 Å². The number of nitrogens with zero attached hydrogens (tertiary/aromatic N) is 2. The predicted molar refractivity (Wildman–Crippen MR) is 180 cm³/mol. The molecule has 1 amide bonds. The zero-order chi connectivity index (χ0) is 38.5. The number of aliphatic hydroxyl groups excluding tert-OH is 1. The number of carbonyl (C=O) groups is 2. The van der Waals surface area contributed by atoms with Gasteiger partial charge in [0, 0.05) is 17.6 Å². The Morgan fingerprint density at radius 1 is 1.08 bits per heavy atom. The van der Waals surface area contributed by atoms with E-state index in [1.807, 2.05) is 0 Å². The number of ether oxygens (including phenoxy) is 5. The zero-order valence-corrected chi connectivity index (χ0v) is 29.7. The average Bonchev–Trinajstić information content (AvgIpc) is 3.64. The van der Waals surface area contributed by atoms with Crippen LogP contribution in [0.2, 0.25) is 0 Å². The van der Waals surface area contributed by atoms with Crippen LogP contribution in [0.15, 0.2) is 70.0 Å². The minimum absolute atomic E-state index is 0.106. The smallest absolute Gasteiger partial charge is 0.413 e. The van der Waals surface area contributed by atoms with E-state index in [9.17, 15) is 28.9 Å². The normalized spacial score (nSPS) is 19.8. The largest absolute Gasteiger partial charge is 0.497 e. The molecule has 2 aromatic heterocycles. The summed E-state index contributed by atoms with van der Waals surface area (Å²) in [6, 6.07) is 13.3. The number of rotatable bonds is 15. The molecule has 0 spiro atoms. The highest BCUT2D eigenvalue weighted by atomic mass is 31.2. The lowest BCUT2D eigenvalue weighted by molar-refractivity contribution is -0.148. The number of esters is 1. The first-order valence-electron chi connectivity index (χ1n) is 16.0. The van der Waals surface area contributed by atoms with Crippen molar-refractivity contribution in [3.05, 3.63) is 82.6 Å². The number of amides is 1. The summed E-state index contributed by atoms with van der Waals surface area (Å²) < 4.78 is 80.3. The Morgan fingerprint density at radius 3 is 2.47 bits per heavy atom. The van der Waals surface area contributed by atoms with Crippen LogP contribution < -0.4 is 25.6 Å². The highest BCUT2D eigenvalue weighted by Crippen LogP contribution is 2.45. The summed E-state index contributed by atoms with van der Waals surface area (Å²) in [6.07, 6.45) is -7.13. The van der Waals surface area contributed by atoms with Crippen molar-refractivity contribution in [3.8, 4) is 11.5 Å². The number of hydrogen-bond acceptors (Lipinski definition) is 13. The van der Waals surface area contributed by atoms with Gasteiger partial charge in [0.1, 0.15) is 36.1 Å². The molecule has 3 heterocycles.